The second kappa shape index (κ2) is 3.87. The van der Waals surface area contributed by atoms with Crippen LogP contribution in [0.1, 0.15) is 10.4 Å². The Hall–Kier alpha value is 0.390. The Morgan fingerprint density at radius 1 is 1.55 bits per heavy atom. The Labute approximate surface area is 91.4 Å². The highest BCUT2D eigenvalue weighted by molar-refractivity contribution is 14.1. The van der Waals surface area contributed by atoms with Crippen LogP contribution < -0.4 is 0 Å². The van der Waals surface area contributed by atoms with Crippen molar-refractivity contribution in [1.82, 2.24) is 0 Å². The lowest BCUT2D eigenvalue weighted by atomic mass is 10.2. The molecule has 0 unspecified atom stereocenters. The highest BCUT2D eigenvalue weighted by Crippen LogP contribution is 2.23. The molecule has 0 aromatic heterocycles. The average molecular weight is 345 g/mol. The van der Waals surface area contributed by atoms with Crippen LogP contribution in [0.3, 0.4) is 0 Å². The average Bonchev–Trinajstić information content (AvgIpc) is 1.85. The lowest BCUT2D eigenvalue weighted by Gasteiger charge is -1.99. The van der Waals surface area contributed by atoms with Crippen molar-refractivity contribution >= 4 is 55.4 Å². The van der Waals surface area contributed by atoms with Crippen LogP contribution in [-0.2, 0) is 0 Å². The Morgan fingerprint density at radius 3 is 2.55 bits per heavy atom. The first-order valence-electron chi connectivity index (χ1n) is 2.77. The Morgan fingerprint density at radius 2 is 2.18 bits per heavy atom. The zero-order valence-electron chi connectivity index (χ0n) is 5.27. The number of carbonyl (C=O) groups excluding carboxylic acids is 1. The summed E-state index contributed by atoms with van der Waals surface area (Å²) < 4.78 is 1.60. The third kappa shape index (κ3) is 2.16. The first-order valence-corrected chi connectivity index (χ1v) is 5.01. The molecule has 58 valence electrons. The topological polar surface area (TPSA) is 17.1 Å². The molecule has 0 saturated heterocycles. The van der Waals surface area contributed by atoms with E-state index in [1.165, 1.54) is 0 Å². The van der Waals surface area contributed by atoms with Crippen LogP contribution >= 0.6 is 50.1 Å². The molecule has 1 aromatic carbocycles. The van der Waals surface area contributed by atoms with Crippen LogP contribution in [0.4, 0.5) is 0 Å². The maximum absolute atomic E-state index is 10.8. The van der Waals surface area contributed by atoms with Gasteiger partial charge in [0.15, 0.2) is 0 Å². The molecule has 1 aromatic rings. The van der Waals surface area contributed by atoms with E-state index >= 15 is 0 Å². The van der Waals surface area contributed by atoms with Crippen LogP contribution in [0, 0.1) is 3.57 Å². The quantitative estimate of drug-likeness (QED) is 0.563. The molecule has 0 aliphatic heterocycles. The molecule has 0 spiro atoms. The lowest BCUT2D eigenvalue weighted by Crippen LogP contribution is -1.93. The molecule has 0 atom stereocenters. The number of hydrogen-bond acceptors (Lipinski definition) is 1. The fourth-order valence-electron chi connectivity index (χ4n) is 0.686. The second-order valence-corrected chi connectivity index (χ2v) is 4.23. The predicted octanol–water partition coefficient (Wildman–Crippen LogP) is 3.43. The highest BCUT2D eigenvalue weighted by atomic mass is 127. The van der Waals surface area contributed by atoms with E-state index in [1.807, 2.05) is 12.1 Å². The van der Waals surface area contributed by atoms with E-state index in [9.17, 15) is 4.79 Å². The summed E-state index contributed by atoms with van der Waals surface area (Å²) in [5, 5.41) is -0.429. The fourth-order valence-corrected chi connectivity index (χ4v) is 2.82. The maximum Gasteiger partial charge on any atom is 0.254 e. The molecule has 0 bridgehead atoms. The largest absolute Gasteiger partial charge is 0.276 e. The number of carbonyl (C=O) groups is 1. The van der Waals surface area contributed by atoms with Crippen molar-refractivity contribution in [2.24, 2.45) is 0 Å². The smallest absolute Gasteiger partial charge is 0.254 e. The normalized spacial score (nSPS) is 9.73. The van der Waals surface area contributed by atoms with Gasteiger partial charge in [-0.1, -0.05) is 6.07 Å². The summed E-state index contributed by atoms with van der Waals surface area (Å²) in [6, 6.07) is 5.48. The monoisotopic (exact) mass is 344 g/mol. The van der Waals surface area contributed by atoms with Crippen molar-refractivity contribution in [3.63, 3.8) is 0 Å². The van der Waals surface area contributed by atoms with Gasteiger partial charge >= 0.3 is 0 Å². The lowest BCUT2D eigenvalue weighted by molar-refractivity contribution is 0.108. The molecule has 0 heterocycles. The molecular formula is C7H3BrClIO. The van der Waals surface area contributed by atoms with Gasteiger partial charge in [0.1, 0.15) is 0 Å². The molecule has 11 heavy (non-hydrogen) atoms. The maximum atomic E-state index is 10.8. The zero-order chi connectivity index (χ0) is 8.43. The Balaban J connectivity index is 3.32. The van der Waals surface area contributed by atoms with Crippen molar-refractivity contribution in [3.8, 4) is 0 Å². The molecule has 0 N–H and O–H groups in total. The van der Waals surface area contributed by atoms with Crippen molar-refractivity contribution < 1.29 is 4.79 Å². The summed E-state index contributed by atoms with van der Waals surface area (Å²) >= 11 is 10.6. The van der Waals surface area contributed by atoms with Gasteiger partial charge in [-0.25, -0.2) is 0 Å². The predicted molar refractivity (Wildman–Crippen MR) is 57.0 cm³/mol. The molecule has 0 radical (unpaired) electrons. The van der Waals surface area contributed by atoms with E-state index in [-0.39, 0.29) is 0 Å². The third-order valence-corrected chi connectivity index (χ3v) is 2.91. The van der Waals surface area contributed by atoms with Crippen molar-refractivity contribution in [2.45, 2.75) is 0 Å². The molecule has 0 fully saturated rings. The summed E-state index contributed by atoms with van der Waals surface area (Å²) in [7, 11) is 0. The van der Waals surface area contributed by atoms with Crippen LogP contribution in [0.2, 0.25) is 0 Å². The van der Waals surface area contributed by atoms with Gasteiger partial charge in [-0.2, -0.15) is 0 Å². The van der Waals surface area contributed by atoms with Gasteiger partial charge < -0.3 is 0 Å². The van der Waals surface area contributed by atoms with Crippen LogP contribution in [0.15, 0.2) is 22.7 Å². The standard InChI is InChI=1S/C7H3BrClIO/c8-4-2-1-3-5(10)6(4)7(9)11/h1-3H. The van der Waals surface area contributed by atoms with Gasteiger partial charge in [-0.05, 0) is 62.3 Å². The van der Waals surface area contributed by atoms with E-state index in [1.54, 1.807) is 6.07 Å². The fraction of sp³-hybridized carbons (Fsp3) is 0. The number of rotatable bonds is 1. The van der Waals surface area contributed by atoms with E-state index in [0.29, 0.717) is 5.56 Å². The summed E-state index contributed by atoms with van der Waals surface area (Å²) in [4.78, 5) is 10.8. The SMILES string of the molecule is O=C(Cl)c1c(Br)cccc1I. The van der Waals surface area contributed by atoms with E-state index in [0.717, 1.165) is 8.04 Å². The van der Waals surface area contributed by atoms with Gasteiger partial charge in [0.05, 0.1) is 5.56 Å². The molecule has 0 amide bonds. The molecule has 0 aliphatic rings. The molecule has 1 nitrogen and oxygen atoms in total. The molecule has 4 heteroatoms. The summed E-state index contributed by atoms with van der Waals surface area (Å²) in [5.41, 5.74) is 0.537. The van der Waals surface area contributed by atoms with Crippen molar-refractivity contribution in [1.29, 1.82) is 0 Å². The van der Waals surface area contributed by atoms with Crippen molar-refractivity contribution in [2.75, 3.05) is 0 Å². The van der Waals surface area contributed by atoms with E-state index < -0.39 is 5.24 Å². The highest BCUT2D eigenvalue weighted by Gasteiger charge is 2.09. The Bertz CT molecular complexity index is 280. The van der Waals surface area contributed by atoms with E-state index in [2.05, 4.69) is 38.5 Å². The van der Waals surface area contributed by atoms with Crippen molar-refractivity contribution in [3.05, 3.63) is 31.8 Å². The molecule has 0 saturated carbocycles. The first-order chi connectivity index (χ1) is 5.13. The molecular weight excluding hydrogens is 342 g/mol. The molecule has 0 aliphatic carbocycles. The third-order valence-electron chi connectivity index (χ3n) is 1.16. The Kier molecular flexibility index (Phi) is 3.33. The van der Waals surface area contributed by atoms with Gasteiger partial charge in [-0.3, -0.25) is 4.79 Å². The minimum Gasteiger partial charge on any atom is -0.276 e. The van der Waals surface area contributed by atoms with Gasteiger partial charge in [0.25, 0.3) is 5.24 Å². The van der Waals surface area contributed by atoms with Crippen LogP contribution in [0.5, 0.6) is 0 Å². The number of benzene rings is 1. The minimum atomic E-state index is -0.429. The minimum absolute atomic E-state index is 0.429. The van der Waals surface area contributed by atoms with Gasteiger partial charge in [0.2, 0.25) is 0 Å². The number of halogens is 3. The summed E-state index contributed by atoms with van der Waals surface area (Å²) in [6.45, 7) is 0. The van der Waals surface area contributed by atoms with Crippen LogP contribution in [-0.4, -0.2) is 5.24 Å². The van der Waals surface area contributed by atoms with Crippen LogP contribution in [0.25, 0.3) is 0 Å². The summed E-state index contributed by atoms with van der Waals surface area (Å²) in [6.07, 6.45) is 0. The zero-order valence-corrected chi connectivity index (χ0v) is 9.77. The first kappa shape index (κ1) is 9.48. The summed E-state index contributed by atoms with van der Waals surface area (Å²) in [5.74, 6) is 0. The van der Waals surface area contributed by atoms with E-state index in [4.69, 9.17) is 11.6 Å². The van der Waals surface area contributed by atoms with Gasteiger partial charge in [-0.15, -0.1) is 0 Å². The van der Waals surface area contributed by atoms with Gasteiger partial charge in [0, 0.05) is 8.04 Å². The number of hydrogen-bond donors (Lipinski definition) is 0. The molecule has 1 rings (SSSR count). The second-order valence-electron chi connectivity index (χ2n) is 1.87.